The first kappa shape index (κ1) is 16.9. The zero-order valence-electron chi connectivity index (χ0n) is 14.5. The van der Waals surface area contributed by atoms with Crippen LogP contribution in [0.4, 0.5) is 0 Å². The molecular weight excluding hydrogens is 368 g/mol. The van der Waals surface area contributed by atoms with Gasteiger partial charge in [0.25, 0.3) is 0 Å². The molecular formula is C20H26BrO3. The Morgan fingerprint density at radius 1 is 1.21 bits per heavy atom. The van der Waals surface area contributed by atoms with Crippen LogP contribution in [-0.2, 0) is 14.9 Å². The summed E-state index contributed by atoms with van der Waals surface area (Å²) < 4.78 is 17.7. The molecule has 0 amide bonds. The molecule has 4 aliphatic carbocycles. The SMILES string of the molecule is COC(C)OCOc1cc(Br)c[c]c1C12CC3CC(CC(C3)C1)C2. The Hall–Kier alpha value is -0.580. The highest BCUT2D eigenvalue weighted by atomic mass is 79.9. The van der Waals surface area contributed by atoms with E-state index in [1.807, 2.05) is 13.0 Å². The number of methoxy groups -OCH3 is 1. The van der Waals surface area contributed by atoms with Gasteiger partial charge in [-0.15, -0.1) is 0 Å². The van der Waals surface area contributed by atoms with Crippen LogP contribution in [0.2, 0.25) is 0 Å². The van der Waals surface area contributed by atoms with E-state index >= 15 is 0 Å². The van der Waals surface area contributed by atoms with Crippen LogP contribution in [0.1, 0.15) is 51.0 Å². The zero-order chi connectivity index (χ0) is 16.7. The zero-order valence-corrected chi connectivity index (χ0v) is 16.1. The van der Waals surface area contributed by atoms with Crippen molar-refractivity contribution in [3.05, 3.63) is 28.2 Å². The van der Waals surface area contributed by atoms with Crippen molar-refractivity contribution >= 4 is 15.9 Å². The maximum Gasteiger partial charge on any atom is 0.191 e. The highest BCUT2D eigenvalue weighted by Crippen LogP contribution is 2.61. The van der Waals surface area contributed by atoms with E-state index in [0.29, 0.717) is 0 Å². The molecule has 1 aromatic carbocycles. The summed E-state index contributed by atoms with van der Waals surface area (Å²) in [6.07, 6.45) is 8.00. The molecule has 5 rings (SSSR count). The van der Waals surface area contributed by atoms with Gasteiger partial charge in [0.1, 0.15) is 5.75 Å². The second kappa shape index (κ2) is 6.62. The Morgan fingerprint density at radius 2 is 1.83 bits per heavy atom. The Bertz CT molecular complexity index is 565. The third-order valence-corrected chi connectivity index (χ3v) is 6.75. The van der Waals surface area contributed by atoms with Crippen molar-refractivity contribution in [1.29, 1.82) is 0 Å². The van der Waals surface area contributed by atoms with Crippen molar-refractivity contribution in [2.75, 3.05) is 13.9 Å². The number of rotatable bonds is 6. The Labute approximate surface area is 153 Å². The molecule has 0 spiro atoms. The van der Waals surface area contributed by atoms with Crippen molar-refractivity contribution in [3.63, 3.8) is 0 Å². The predicted molar refractivity (Wildman–Crippen MR) is 95.9 cm³/mol. The summed E-state index contributed by atoms with van der Waals surface area (Å²) in [6.45, 7) is 2.08. The molecule has 4 saturated carbocycles. The van der Waals surface area contributed by atoms with Crippen LogP contribution in [0.15, 0.2) is 16.6 Å². The molecule has 4 bridgehead atoms. The van der Waals surface area contributed by atoms with E-state index in [1.165, 1.54) is 44.1 Å². The van der Waals surface area contributed by atoms with Gasteiger partial charge < -0.3 is 14.2 Å². The molecule has 1 unspecified atom stereocenters. The Kier molecular flexibility index (Phi) is 4.65. The molecule has 0 aromatic heterocycles. The predicted octanol–water partition coefficient (Wildman–Crippen LogP) is 5.06. The minimum atomic E-state index is -0.260. The van der Waals surface area contributed by atoms with E-state index < -0.39 is 0 Å². The highest BCUT2D eigenvalue weighted by molar-refractivity contribution is 9.10. The van der Waals surface area contributed by atoms with Crippen molar-refractivity contribution < 1.29 is 14.2 Å². The van der Waals surface area contributed by atoms with Gasteiger partial charge >= 0.3 is 0 Å². The van der Waals surface area contributed by atoms with E-state index in [2.05, 4.69) is 28.1 Å². The third-order valence-electron chi connectivity index (χ3n) is 6.29. The molecule has 24 heavy (non-hydrogen) atoms. The monoisotopic (exact) mass is 393 g/mol. The summed E-state index contributed by atoms with van der Waals surface area (Å²) in [5, 5.41) is 0. The van der Waals surface area contributed by atoms with Crippen LogP contribution in [0.5, 0.6) is 5.75 Å². The van der Waals surface area contributed by atoms with Gasteiger partial charge in [0.15, 0.2) is 13.1 Å². The lowest BCUT2D eigenvalue weighted by Gasteiger charge is -2.57. The fourth-order valence-electron chi connectivity index (χ4n) is 5.66. The Morgan fingerprint density at radius 3 is 2.42 bits per heavy atom. The van der Waals surface area contributed by atoms with Crippen molar-refractivity contribution in [1.82, 2.24) is 0 Å². The first-order valence-electron chi connectivity index (χ1n) is 9.07. The van der Waals surface area contributed by atoms with Gasteiger partial charge in [-0.25, -0.2) is 0 Å². The summed E-state index contributed by atoms with van der Waals surface area (Å²) in [5.74, 6) is 3.65. The molecule has 4 heteroatoms. The minimum Gasteiger partial charge on any atom is -0.467 e. The fraction of sp³-hybridized carbons (Fsp3) is 0.700. The van der Waals surface area contributed by atoms with Gasteiger partial charge in [0.2, 0.25) is 0 Å². The molecule has 0 heterocycles. The molecule has 4 aliphatic rings. The van der Waals surface area contributed by atoms with Gasteiger partial charge in [0.05, 0.1) is 0 Å². The van der Waals surface area contributed by atoms with Gasteiger partial charge in [-0.3, -0.25) is 0 Å². The van der Waals surface area contributed by atoms with E-state index in [0.717, 1.165) is 28.0 Å². The fourth-order valence-corrected chi connectivity index (χ4v) is 5.98. The van der Waals surface area contributed by atoms with E-state index in [9.17, 15) is 0 Å². The summed E-state index contributed by atoms with van der Waals surface area (Å²) in [4.78, 5) is 0. The Balaban J connectivity index is 1.58. The van der Waals surface area contributed by atoms with Crippen LogP contribution >= 0.6 is 15.9 Å². The van der Waals surface area contributed by atoms with E-state index in [-0.39, 0.29) is 18.5 Å². The molecule has 131 valence electrons. The topological polar surface area (TPSA) is 27.7 Å². The second-order valence-corrected chi connectivity index (χ2v) is 8.90. The van der Waals surface area contributed by atoms with Crippen LogP contribution in [-0.4, -0.2) is 20.2 Å². The molecule has 0 aliphatic heterocycles. The first-order valence-corrected chi connectivity index (χ1v) is 9.86. The number of hydrogen-bond donors (Lipinski definition) is 0. The lowest BCUT2D eigenvalue weighted by atomic mass is 9.48. The largest absolute Gasteiger partial charge is 0.467 e. The lowest BCUT2D eigenvalue weighted by molar-refractivity contribution is -0.150. The van der Waals surface area contributed by atoms with Crippen LogP contribution in [0.3, 0.4) is 0 Å². The third kappa shape index (κ3) is 3.13. The number of halogens is 1. The smallest absolute Gasteiger partial charge is 0.191 e. The molecule has 3 nitrogen and oxygen atoms in total. The number of hydrogen-bond acceptors (Lipinski definition) is 3. The summed E-state index contributed by atoms with van der Waals surface area (Å²) in [7, 11) is 1.64. The highest BCUT2D eigenvalue weighted by Gasteiger charge is 2.52. The molecule has 1 aromatic rings. The minimum absolute atomic E-state index is 0.207. The van der Waals surface area contributed by atoms with Crippen molar-refractivity contribution in [3.8, 4) is 5.75 Å². The van der Waals surface area contributed by atoms with Crippen LogP contribution in [0, 0.1) is 23.8 Å². The molecule has 4 fully saturated rings. The van der Waals surface area contributed by atoms with Gasteiger partial charge in [0, 0.05) is 22.6 Å². The lowest BCUT2D eigenvalue weighted by Crippen LogP contribution is -2.48. The molecule has 0 N–H and O–H groups in total. The maximum absolute atomic E-state index is 6.02. The van der Waals surface area contributed by atoms with Gasteiger partial charge in [-0.1, -0.05) is 15.9 Å². The molecule has 1 radical (unpaired) electrons. The van der Waals surface area contributed by atoms with Crippen LogP contribution in [0.25, 0.3) is 0 Å². The van der Waals surface area contributed by atoms with Crippen LogP contribution < -0.4 is 4.74 Å². The molecule has 0 saturated heterocycles. The number of benzene rings is 1. The molecule has 1 atom stereocenters. The standard InChI is InChI=1S/C20H26BrO3/c1-13(22-2)23-12-24-19-8-17(21)3-4-18(19)20-9-14-5-15(10-20)7-16(6-14)11-20/h3,8,13-16H,5-7,9-12H2,1-2H3. The summed E-state index contributed by atoms with van der Waals surface area (Å²) in [6, 6.07) is 7.67. The summed E-state index contributed by atoms with van der Waals surface area (Å²) >= 11 is 3.56. The van der Waals surface area contributed by atoms with Gasteiger partial charge in [-0.2, -0.15) is 0 Å². The average molecular weight is 394 g/mol. The summed E-state index contributed by atoms with van der Waals surface area (Å²) in [5.41, 5.74) is 1.55. The maximum atomic E-state index is 6.02. The van der Waals surface area contributed by atoms with E-state index in [1.54, 1.807) is 7.11 Å². The second-order valence-electron chi connectivity index (χ2n) is 7.99. The van der Waals surface area contributed by atoms with Crippen molar-refractivity contribution in [2.45, 2.75) is 57.2 Å². The first-order chi connectivity index (χ1) is 11.6. The normalized spacial score (nSPS) is 35.2. The van der Waals surface area contributed by atoms with Crippen molar-refractivity contribution in [2.24, 2.45) is 17.8 Å². The number of ether oxygens (including phenoxy) is 3. The van der Waals surface area contributed by atoms with E-state index in [4.69, 9.17) is 14.2 Å². The quantitative estimate of drug-likeness (QED) is 0.631. The average Bonchev–Trinajstić information content (AvgIpc) is 2.53. The van der Waals surface area contributed by atoms with Gasteiger partial charge in [-0.05, 0) is 81.4 Å².